The summed E-state index contributed by atoms with van der Waals surface area (Å²) in [6.45, 7) is 1.81. The molecule has 2 rings (SSSR count). The summed E-state index contributed by atoms with van der Waals surface area (Å²) >= 11 is 5.83. The van der Waals surface area contributed by atoms with Gasteiger partial charge in [-0.05, 0) is 48.9 Å². The molecule has 0 heterocycles. The predicted molar refractivity (Wildman–Crippen MR) is 84.7 cm³/mol. The number of ether oxygens (including phenoxy) is 1. The molecule has 1 N–H and O–H groups in total. The third kappa shape index (κ3) is 4.51. The number of rotatable bonds is 5. The predicted octanol–water partition coefficient (Wildman–Crippen LogP) is 3.47. The lowest BCUT2D eigenvalue weighted by Crippen LogP contribution is -2.31. The molecule has 0 aliphatic heterocycles. The Hall–Kier alpha value is -2.51. The van der Waals surface area contributed by atoms with Gasteiger partial charge in [-0.15, -0.1) is 0 Å². The molecule has 1 atom stereocenters. The van der Waals surface area contributed by atoms with Crippen molar-refractivity contribution in [2.24, 2.45) is 0 Å². The fourth-order valence-electron chi connectivity index (χ4n) is 1.89. The highest BCUT2D eigenvalue weighted by Gasteiger charge is 2.10. The summed E-state index contributed by atoms with van der Waals surface area (Å²) in [7, 11) is 0. The maximum Gasteiger partial charge on any atom is 0.258 e. The van der Waals surface area contributed by atoms with Gasteiger partial charge in [0.2, 0.25) is 0 Å². The minimum Gasteiger partial charge on any atom is -0.484 e. The highest BCUT2D eigenvalue weighted by atomic mass is 35.5. The number of nitrogens with zero attached hydrogens (tertiary/aromatic N) is 1. The number of benzene rings is 2. The first-order valence-corrected chi connectivity index (χ1v) is 7.14. The van der Waals surface area contributed by atoms with E-state index in [1.807, 2.05) is 25.1 Å². The average molecular weight is 315 g/mol. The smallest absolute Gasteiger partial charge is 0.258 e. The van der Waals surface area contributed by atoms with E-state index in [1.54, 1.807) is 36.4 Å². The van der Waals surface area contributed by atoms with Gasteiger partial charge < -0.3 is 10.1 Å². The molecule has 5 heteroatoms. The molecule has 2 aromatic rings. The highest BCUT2D eigenvalue weighted by Crippen LogP contribution is 2.16. The zero-order valence-corrected chi connectivity index (χ0v) is 12.8. The molecule has 0 bridgehead atoms. The average Bonchev–Trinajstić information content (AvgIpc) is 2.54. The van der Waals surface area contributed by atoms with Gasteiger partial charge >= 0.3 is 0 Å². The van der Waals surface area contributed by atoms with Crippen molar-refractivity contribution in [2.75, 3.05) is 6.61 Å². The van der Waals surface area contributed by atoms with Gasteiger partial charge in [0.05, 0.1) is 17.7 Å². The molecule has 112 valence electrons. The molecular weight excluding hydrogens is 300 g/mol. The Morgan fingerprint density at radius 2 is 1.86 bits per heavy atom. The van der Waals surface area contributed by atoms with E-state index in [1.165, 1.54) is 0 Å². The van der Waals surface area contributed by atoms with Crippen molar-refractivity contribution in [1.29, 1.82) is 5.26 Å². The van der Waals surface area contributed by atoms with Gasteiger partial charge in [0.1, 0.15) is 5.75 Å². The van der Waals surface area contributed by atoms with Crippen molar-refractivity contribution in [3.05, 3.63) is 64.7 Å². The quantitative estimate of drug-likeness (QED) is 0.919. The van der Waals surface area contributed by atoms with Crippen LogP contribution in [-0.2, 0) is 4.79 Å². The number of hydrogen-bond acceptors (Lipinski definition) is 3. The first-order valence-electron chi connectivity index (χ1n) is 6.76. The van der Waals surface area contributed by atoms with Gasteiger partial charge in [0.15, 0.2) is 6.61 Å². The molecule has 4 nitrogen and oxygen atoms in total. The summed E-state index contributed by atoms with van der Waals surface area (Å²) in [5.74, 6) is 0.333. The normalized spacial score (nSPS) is 11.3. The third-order valence-electron chi connectivity index (χ3n) is 3.10. The van der Waals surface area contributed by atoms with Crippen LogP contribution in [0.3, 0.4) is 0 Å². The zero-order valence-electron chi connectivity index (χ0n) is 12.0. The number of nitriles is 1. The maximum atomic E-state index is 11.9. The van der Waals surface area contributed by atoms with E-state index in [0.29, 0.717) is 16.3 Å². The van der Waals surface area contributed by atoms with E-state index < -0.39 is 0 Å². The van der Waals surface area contributed by atoms with Crippen LogP contribution in [0.2, 0.25) is 5.02 Å². The maximum absolute atomic E-state index is 11.9. The van der Waals surface area contributed by atoms with Crippen molar-refractivity contribution in [2.45, 2.75) is 13.0 Å². The summed E-state index contributed by atoms with van der Waals surface area (Å²) in [6.07, 6.45) is 0. The van der Waals surface area contributed by atoms with E-state index in [0.717, 1.165) is 5.56 Å². The first kappa shape index (κ1) is 15.9. The number of amides is 1. The van der Waals surface area contributed by atoms with Crippen LogP contribution < -0.4 is 10.1 Å². The lowest BCUT2D eigenvalue weighted by molar-refractivity contribution is -0.123. The van der Waals surface area contributed by atoms with Crippen LogP contribution in [0.15, 0.2) is 48.5 Å². The molecule has 0 aromatic heterocycles. The summed E-state index contributed by atoms with van der Waals surface area (Å²) in [5, 5.41) is 12.2. The molecule has 0 aliphatic rings. The standard InChI is InChI=1S/C17H15ClN2O2/c1-12(14-4-6-15(18)7-5-14)20-17(21)11-22-16-8-2-13(10-19)3-9-16/h2-9,12H,11H2,1H3,(H,20,21)/t12-/m0/s1. The van der Waals surface area contributed by atoms with Gasteiger partial charge in [-0.25, -0.2) is 0 Å². The molecule has 0 fully saturated rings. The van der Waals surface area contributed by atoms with Gasteiger partial charge in [0.25, 0.3) is 5.91 Å². The Labute approximate surface area is 134 Å². The third-order valence-corrected chi connectivity index (χ3v) is 3.35. The van der Waals surface area contributed by atoms with E-state index in [9.17, 15) is 4.79 Å². The number of hydrogen-bond donors (Lipinski definition) is 1. The molecule has 2 aromatic carbocycles. The monoisotopic (exact) mass is 314 g/mol. The minimum absolute atomic E-state index is 0.0795. The summed E-state index contributed by atoms with van der Waals surface area (Å²) in [4.78, 5) is 11.9. The molecule has 0 aliphatic carbocycles. The summed E-state index contributed by atoms with van der Waals surface area (Å²) < 4.78 is 5.38. The van der Waals surface area contributed by atoms with Gasteiger partial charge in [-0.3, -0.25) is 4.79 Å². The van der Waals surface area contributed by atoms with Gasteiger partial charge in [-0.2, -0.15) is 5.26 Å². The molecule has 1 amide bonds. The Balaban J connectivity index is 1.84. The minimum atomic E-state index is -0.216. The fraction of sp³-hybridized carbons (Fsp3) is 0.176. The first-order chi connectivity index (χ1) is 10.6. The van der Waals surface area contributed by atoms with Crippen LogP contribution in [-0.4, -0.2) is 12.5 Å². The number of nitrogens with one attached hydrogen (secondary N) is 1. The molecule has 0 spiro atoms. The van der Waals surface area contributed by atoms with Crippen molar-refractivity contribution in [1.82, 2.24) is 5.32 Å². The largest absolute Gasteiger partial charge is 0.484 e. The molecule has 0 unspecified atom stereocenters. The van der Waals surface area contributed by atoms with Crippen molar-refractivity contribution in [3.63, 3.8) is 0 Å². The zero-order chi connectivity index (χ0) is 15.9. The van der Waals surface area contributed by atoms with E-state index in [4.69, 9.17) is 21.6 Å². The summed E-state index contributed by atoms with van der Waals surface area (Å²) in [6, 6.07) is 15.8. The van der Waals surface area contributed by atoms with E-state index in [2.05, 4.69) is 5.32 Å². The van der Waals surface area contributed by atoms with Crippen molar-refractivity contribution < 1.29 is 9.53 Å². The van der Waals surface area contributed by atoms with Crippen molar-refractivity contribution in [3.8, 4) is 11.8 Å². The summed E-state index contributed by atoms with van der Waals surface area (Å²) in [5.41, 5.74) is 1.52. The second kappa shape index (κ2) is 7.48. The Morgan fingerprint density at radius 3 is 2.45 bits per heavy atom. The second-order valence-corrected chi connectivity index (χ2v) is 5.20. The topological polar surface area (TPSA) is 62.1 Å². The number of carbonyl (C=O) groups excluding carboxylic acids is 1. The van der Waals surface area contributed by atoms with Gasteiger partial charge in [-0.1, -0.05) is 23.7 Å². The van der Waals surface area contributed by atoms with Crippen LogP contribution in [0, 0.1) is 11.3 Å². The van der Waals surface area contributed by atoms with Crippen LogP contribution in [0.5, 0.6) is 5.75 Å². The van der Waals surface area contributed by atoms with E-state index in [-0.39, 0.29) is 18.6 Å². The Bertz CT molecular complexity index is 675. The molecule has 0 saturated carbocycles. The van der Waals surface area contributed by atoms with Crippen molar-refractivity contribution >= 4 is 17.5 Å². The molecule has 0 saturated heterocycles. The Morgan fingerprint density at radius 1 is 1.23 bits per heavy atom. The molecule has 0 radical (unpaired) electrons. The van der Waals surface area contributed by atoms with E-state index >= 15 is 0 Å². The number of halogens is 1. The van der Waals surface area contributed by atoms with Crippen LogP contribution >= 0.6 is 11.6 Å². The fourth-order valence-corrected chi connectivity index (χ4v) is 2.02. The lowest BCUT2D eigenvalue weighted by Gasteiger charge is -2.14. The van der Waals surface area contributed by atoms with Gasteiger partial charge in [0, 0.05) is 5.02 Å². The SMILES string of the molecule is C[C@H](NC(=O)COc1ccc(C#N)cc1)c1ccc(Cl)cc1. The molecule has 22 heavy (non-hydrogen) atoms. The second-order valence-electron chi connectivity index (χ2n) is 4.77. The van der Waals surface area contributed by atoms with Crippen LogP contribution in [0.25, 0.3) is 0 Å². The Kier molecular flexibility index (Phi) is 5.40. The molecular formula is C17H15ClN2O2. The van der Waals surface area contributed by atoms with Crippen LogP contribution in [0.4, 0.5) is 0 Å². The lowest BCUT2D eigenvalue weighted by atomic mass is 10.1. The van der Waals surface area contributed by atoms with Crippen LogP contribution in [0.1, 0.15) is 24.1 Å². The highest BCUT2D eigenvalue weighted by molar-refractivity contribution is 6.30. The number of carbonyl (C=O) groups is 1.